The van der Waals surface area contributed by atoms with E-state index in [0.29, 0.717) is 5.92 Å². The van der Waals surface area contributed by atoms with E-state index in [4.69, 9.17) is 0 Å². The molecular weight excluding hydrogens is 264 g/mol. The third kappa shape index (κ3) is 2.89. The van der Waals surface area contributed by atoms with Gasteiger partial charge in [-0.3, -0.25) is 10.1 Å². The van der Waals surface area contributed by atoms with Crippen LogP contribution in [-0.2, 0) is 0 Å². The molecule has 0 bridgehead atoms. The van der Waals surface area contributed by atoms with Gasteiger partial charge >= 0.3 is 0 Å². The summed E-state index contributed by atoms with van der Waals surface area (Å²) in [6.07, 6.45) is 2.08. The van der Waals surface area contributed by atoms with Gasteiger partial charge < -0.3 is 4.90 Å². The number of para-hydroxylation sites is 2. The van der Waals surface area contributed by atoms with Gasteiger partial charge in [-0.05, 0) is 30.4 Å². The maximum Gasteiger partial charge on any atom is 0.292 e. The van der Waals surface area contributed by atoms with Crippen LogP contribution in [0.5, 0.6) is 0 Å². The van der Waals surface area contributed by atoms with Crippen LogP contribution in [0.3, 0.4) is 0 Å². The maximum absolute atomic E-state index is 11.1. The molecule has 1 saturated heterocycles. The lowest BCUT2D eigenvalue weighted by Gasteiger charge is -2.33. The van der Waals surface area contributed by atoms with Crippen LogP contribution in [0.4, 0.5) is 11.4 Å². The lowest BCUT2D eigenvalue weighted by molar-refractivity contribution is -0.384. The number of nitro groups is 1. The molecule has 108 valence electrons. The number of hydrogen-bond donors (Lipinski definition) is 0. The van der Waals surface area contributed by atoms with E-state index in [1.165, 1.54) is 5.56 Å². The summed E-state index contributed by atoms with van der Waals surface area (Å²) in [6, 6.07) is 17.5. The van der Waals surface area contributed by atoms with Crippen LogP contribution in [0.15, 0.2) is 54.6 Å². The van der Waals surface area contributed by atoms with Crippen molar-refractivity contribution in [3.05, 3.63) is 70.3 Å². The normalized spacial score (nSPS) is 15.9. The van der Waals surface area contributed by atoms with E-state index in [-0.39, 0.29) is 10.6 Å². The molecule has 3 rings (SSSR count). The predicted molar refractivity (Wildman–Crippen MR) is 83.7 cm³/mol. The summed E-state index contributed by atoms with van der Waals surface area (Å²) in [5.41, 5.74) is 2.32. The largest absolute Gasteiger partial charge is 0.366 e. The summed E-state index contributed by atoms with van der Waals surface area (Å²) in [4.78, 5) is 13.0. The Labute approximate surface area is 124 Å². The third-order valence-electron chi connectivity index (χ3n) is 4.19. The minimum Gasteiger partial charge on any atom is -0.366 e. The first-order chi connectivity index (χ1) is 10.3. The molecule has 0 atom stereocenters. The van der Waals surface area contributed by atoms with Crippen molar-refractivity contribution in [2.45, 2.75) is 18.8 Å². The van der Waals surface area contributed by atoms with Crippen LogP contribution >= 0.6 is 0 Å². The van der Waals surface area contributed by atoms with Gasteiger partial charge in [0.2, 0.25) is 0 Å². The molecule has 0 N–H and O–H groups in total. The van der Waals surface area contributed by atoms with E-state index in [0.717, 1.165) is 31.6 Å². The second-order valence-corrected chi connectivity index (χ2v) is 5.42. The topological polar surface area (TPSA) is 46.4 Å². The SMILES string of the molecule is O=[N+]([O-])c1ccccc1N1CCC(c2ccccc2)CC1. The molecule has 1 aliphatic rings. The molecule has 2 aromatic carbocycles. The van der Waals surface area contributed by atoms with E-state index < -0.39 is 0 Å². The molecule has 0 radical (unpaired) electrons. The Hall–Kier alpha value is -2.36. The van der Waals surface area contributed by atoms with Gasteiger partial charge in [-0.2, -0.15) is 0 Å². The monoisotopic (exact) mass is 282 g/mol. The van der Waals surface area contributed by atoms with Crippen molar-refractivity contribution in [1.82, 2.24) is 0 Å². The van der Waals surface area contributed by atoms with E-state index in [1.54, 1.807) is 12.1 Å². The molecule has 1 fully saturated rings. The number of rotatable bonds is 3. The van der Waals surface area contributed by atoms with Gasteiger partial charge in [0.15, 0.2) is 0 Å². The highest BCUT2D eigenvalue weighted by Gasteiger charge is 2.24. The van der Waals surface area contributed by atoms with Gasteiger partial charge in [0.05, 0.1) is 4.92 Å². The van der Waals surface area contributed by atoms with Crippen LogP contribution in [0, 0.1) is 10.1 Å². The molecular formula is C17H18N2O2. The van der Waals surface area contributed by atoms with E-state index in [1.807, 2.05) is 18.2 Å². The Kier molecular flexibility index (Phi) is 3.86. The highest BCUT2D eigenvalue weighted by Crippen LogP contribution is 2.34. The Morgan fingerprint density at radius 2 is 1.57 bits per heavy atom. The molecule has 1 heterocycles. The molecule has 0 spiro atoms. The standard InChI is InChI=1S/C17H18N2O2/c20-19(21)17-9-5-4-8-16(17)18-12-10-15(11-13-18)14-6-2-1-3-7-14/h1-9,15H,10-13H2. The highest BCUT2D eigenvalue weighted by atomic mass is 16.6. The molecule has 0 amide bonds. The van der Waals surface area contributed by atoms with Crippen molar-refractivity contribution in [3.63, 3.8) is 0 Å². The summed E-state index contributed by atoms with van der Waals surface area (Å²) in [6.45, 7) is 1.73. The predicted octanol–water partition coefficient (Wildman–Crippen LogP) is 3.98. The van der Waals surface area contributed by atoms with Gasteiger partial charge in [-0.15, -0.1) is 0 Å². The fourth-order valence-corrected chi connectivity index (χ4v) is 3.06. The number of nitro benzene ring substituents is 1. The van der Waals surface area contributed by atoms with Gasteiger partial charge in [0.25, 0.3) is 5.69 Å². The molecule has 2 aromatic rings. The third-order valence-corrected chi connectivity index (χ3v) is 4.19. The zero-order valence-corrected chi connectivity index (χ0v) is 11.8. The molecule has 0 aliphatic carbocycles. The van der Waals surface area contributed by atoms with Crippen molar-refractivity contribution in [3.8, 4) is 0 Å². The van der Waals surface area contributed by atoms with E-state index in [9.17, 15) is 10.1 Å². The summed E-state index contributed by atoms with van der Waals surface area (Å²) < 4.78 is 0. The number of hydrogen-bond acceptors (Lipinski definition) is 3. The summed E-state index contributed by atoms with van der Waals surface area (Å²) in [7, 11) is 0. The summed E-state index contributed by atoms with van der Waals surface area (Å²) in [5, 5.41) is 11.1. The lowest BCUT2D eigenvalue weighted by atomic mass is 9.89. The average Bonchev–Trinajstić information content (AvgIpc) is 2.56. The Morgan fingerprint density at radius 3 is 2.24 bits per heavy atom. The summed E-state index contributed by atoms with van der Waals surface area (Å²) in [5.74, 6) is 0.560. The van der Waals surface area contributed by atoms with Gasteiger partial charge in [-0.25, -0.2) is 0 Å². The van der Waals surface area contributed by atoms with Gasteiger partial charge in [0.1, 0.15) is 5.69 Å². The smallest absolute Gasteiger partial charge is 0.292 e. The minimum absolute atomic E-state index is 0.204. The van der Waals surface area contributed by atoms with Crippen LogP contribution in [-0.4, -0.2) is 18.0 Å². The van der Waals surface area contributed by atoms with Crippen molar-refractivity contribution in [2.24, 2.45) is 0 Å². The number of benzene rings is 2. The molecule has 0 aromatic heterocycles. The first-order valence-corrected chi connectivity index (χ1v) is 7.29. The molecule has 4 heteroatoms. The minimum atomic E-state index is -0.293. The zero-order valence-electron chi connectivity index (χ0n) is 11.8. The summed E-state index contributed by atoms with van der Waals surface area (Å²) >= 11 is 0. The van der Waals surface area contributed by atoms with Crippen molar-refractivity contribution < 1.29 is 4.92 Å². The van der Waals surface area contributed by atoms with Crippen molar-refractivity contribution >= 4 is 11.4 Å². The molecule has 0 unspecified atom stereocenters. The zero-order chi connectivity index (χ0) is 14.7. The highest BCUT2D eigenvalue weighted by molar-refractivity contribution is 5.63. The Morgan fingerprint density at radius 1 is 0.952 bits per heavy atom. The number of nitrogens with zero attached hydrogens (tertiary/aromatic N) is 2. The fourth-order valence-electron chi connectivity index (χ4n) is 3.06. The maximum atomic E-state index is 11.1. The second-order valence-electron chi connectivity index (χ2n) is 5.42. The van der Waals surface area contributed by atoms with E-state index in [2.05, 4.69) is 29.2 Å². The Bertz CT molecular complexity index is 620. The van der Waals surface area contributed by atoms with Crippen LogP contribution in [0.2, 0.25) is 0 Å². The van der Waals surface area contributed by atoms with Crippen LogP contribution < -0.4 is 4.90 Å². The van der Waals surface area contributed by atoms with Crippen molar-refractivity contribution in [1.29, 1.82) is 0 Å². The number of anilines is 1. The Balaban J connectivity index is 1.73. The molecule has 4 nitrogen and oxygen atoms in total. The van der Waals surface area contributed by atoms with Crippen molar-refractivity contribution in [2.75, 3.05) is 18.0 Å². The first-order valence-electron chi connectivity index (χ1n) is 7.29. The van der Waals surface area contributed by atoms with E-state index >= 15 is 0 Å². The second kappa shape index (κ2) is 5.95. The average molecular weight is 282 g/mol. The molecule has 0 saturated carbocycles. The van der Waals surface area contributed by atoms with Gasteiger partial charge in [0, 0.05) is 19.2 Å². The fraction of sp³-hybridized carbons (Fsp3) is 0.294. The molecule has 21 heavy (non-hydrogen) atoms. The number of piperidine rings is 1. The molecule has 1 aliphatic heterocycles. The van der Waals surface area contributed by atoms with Crippen LogP contribution in [0.1, 0.15) is 24.3 Å². The van der Waals surface area contributed by atoms with Crippen LogP contribution in [0.25, 0.3) is 0 Å². The quantitative estimate of drug-likeness (QED) is 0.632. The van der Waals surface area contributed by atoms with Gasteiger partial charge in [-0.1, -0.05) is 42.5 Å². The lowest BCUT2D eigenvalue weighted by Crippen LogP contribution is -2.33. The first kappa shape index (κ1) is 13.6.